The van der Waals surface area contributed by atoms with Crippen LogP contribution in [0.2, 0.25) is 0 Å². The van der Waals surface area contributed by atoms with Gasteiger partial charge in [-0.05, 0) is 48.7 Å². The molecule has 1 nitrogen and oxygen atoms in total. The van der Waals surface area contributed by atoms with Gasteiger partial charge in [0, 0.05) is 11.1 Å². The van der Waals surface area contributed by atoms with Crippen molar-refractivity contribution in [2.75, 3.05) is 0 Å². The summed E-state index contributed by atoms with van der Waals surface area (Å²) < 4.78 is 38.5. The van der Waals surface area contributed by atoms with E-state index in [1.807, 2.05) is 37.3 Å². The van der Waals surface area contributed by atoms with Gasteiger partial charge in [-0.1, -0.05) is 30.3 Å². The fourth-order valence-corrected chi connectivity index (χ4v) is 2.49. The molecule has 0 saturated carbocycles. The Bertz CT molecular complexity index is 808. The maximum absolute atomic E-state index is 12.8. The van der Waals surface area contributed by atoms with Gasteiger partial charge in [0.15, 0.2) is 0 Å². The number of aryl methyl sites for hydroxylation is 1. The molecule has 1 aromatic heterocycles. The minimum Gasteiger partial charge on any atom is -0.253 e. The third-order valence-corrected chi connectivity index (χ3v) is 3.67. The number of alkyl halides is 3. The van der Waals surface area contributed by atoms with Crippen LogP contribution in [0.5, 0.6) is 0 Å². The molecule has 3 aromatic rings. The Hall–Kier alpha value is -2.36. The standard InChI is InChI=1S/C18H14F3N/c1-12-14(9-13-5-3-2-4-6-13)10-15-11-16(18(19,20)21)7-8-17(15)22-12/h2-8,10-11H,9H2,1H3. The van der Waals surface area contributed by atoms with E-state index >= 15 is 0 Å². The van der Waals surface area contributed by atoms with Crippen LogP contribution in [0.15, 0.2) is 54.6 Å². The molecule has 0 unspecified atom stereocenters. The lowest BCUT2D eigenvalue weighted by Gasteiger charge is -2.11. The molecule has 0 fully saturated rings. The Morgan fingerprint density at radius 1 is 0.955 bits per heavy atom. The molecule has 0 N–H and O–H groups in total. The average molecular weight is 301 g/mol. The molecule has 0 bridgehead atoms. The number of fused-ring (bicyclic) bond motifs is 1. The molecular weight excluding hydrogens is 287 g/mol. The molecule has 0 aliphatic rings. The summed E-state index contributed by atoms with van der Waals surface area (Å²) in [5.74, 6) is 0. The molecule has 0 saturated heterocycles. The second kappa shape index (κ2) is 5.44. The third-order valence-electron chi connectivity index (χ3n) is 3.67. The first-order chi connectivity index (χ1) is 10.4. The zero-order valence-corrected chi connectivity index (χ0v) is 12.0. The van der Waals surface area contributed by atoms with Gasteiger partial charge < -0.3 is 0 Å². The number of pyridine rings is 1. The van der Waals surface area contributed by atoms with Crippen LogP contribution >= 0.6 is 0 Å². The number of aromatic nitrogens is 1. The van der Waals surface area contributed by atoms with Gasteiger partial charge >= 0.3 is 6.18 Å². The van der Waals surface area contributed by atoms with Crippen molar-refractivity contribution in [3.8, 4) is 0 Å². The zero-order chi connectivity index (χ0) is 15.7. The number of rotatable bonds is 2. The Labute approximate surface area is 126 Å². The van der Waals surface area contributed by atoms with Gasteiger partial charge in [0.1, 0.15) is 0 Å². The topological polar surface area (TPSA) is 12.9 Å². The van der Waals surface area contributed by atoms with Crippen LogP contribution in [0.3, 0.4) is 0 Å². The smallest absolute Gasteiger partial charge is 0.253 e. The Kier molecular flexibility index (Phi) is 3.61. The highest BCUT2D eigenvalue weighted by Crippen LogP contribution is 2.31. The summed E-state index contributed by atoms with van der Waals surface area (Å²) in [5.41, 5.74) is 2.84. The molecule has 0 amide bonds. The Morgan fingerprint density at radius 3 is 2.36 bits per heavy atom. The molecule has 22 heavy (non-hydrogen) atoms. The maximum atomic E-state index is 12.8. The van der Waals surface area contributed by atoms with Crippen molar-refractivity contribution in [2.45, 2.75) is 19.5 Å². The molecule has 3 rings (SSSR count). The number of benzene rings is 2. The molecule has 4 heteroatoms. The first-order valence-electron chi connectivity index (χ1n) is 6.95. The maximum Gasteiger partial charge on any atom is 0.416 e. The first-order valence-corrected chi connectivity index (χ1v) is 6.95. The predicted molar refractivity (Wildman–Crippen MR) is 80.7 cm³/mol. The average Bonchev–Trinajstić information content (AvgIpc) is 2.47. The minimum absolute atomic E-state index is 0.520. The van der Waals surface area contributed by atoms with Gasteiger partial charge in [0.25, 0.3) is 0 Å². The van der Waals surface area contributed by atoms with E-state index in [2.05, 4.69) is 4.98 Å². The van der Waals surface area contributed by atoms with Crippen molar-refractivity contribution >= 4 is 10.9 Å². The van der Waals surface area contributed by atoms with E-state index in [0.29, 0.717) is 17.3 Å². The summed E-state index contributed by atoms with van der Waals surface area (Å²) in [7, 11) is 0. The van der Waals surface area contributed by atoms with E-state index in [-0.39, 0.29) is 0 Å². The van der Waals surface area contributed by atoms with E-state index in [1.54, 1.807) is 6.07 Å². The van der Waals surface area contributed by atoms with E-state index in [1.165, 1.54) is 6.07 Å². The van der Waals surface area contributed by atoms with E-state index in [0.717, 1.165) is 29.0 Å². The van der Waals surface area contributed by atoms with Crippen LogP contribution in [0.1, 0.15) is 22.4 Å². The number of hydrogen-bond acceptors (Lipinski definition) is 1. The summed E-state index contributed by atoms with van der Waals surface area (Å²) in [6.45, 7) is 1.88. The Morgan fingerprint density at radius 2 is 1.68 bits per heavy atom. The van der Waals surface area contributed by atoms with Crippen molar-refractivity contribution < 1.29 is 13.2 Å². The van der Waals surface area contributed by atoms with Gasteiger partial charge in [-0.25, -0.2) is 0 Å². The van der Waals surface area contributed by atoms with Gasteiger partial charge in [0.05, 0.1) is 11.1 Å². The SMILES string of the molecule is Cc1nc2ccc(C(F)(F)F)cc2cc1Cc1ccccc1. The highest BCUT2D eigenvalue weighted by atomic mass is 19.4. The van der Waals surface area contributed by atoms with Crippen molar-refractivity contribution in [3.63, 3.8) is 0 Å². The molecule has 0 radical (unpaired) electrons. The van der Waals surface area contributed by atoms with Crippen LogP contribution in [0, 0.1) is 6.92 Å². The Balaban J connectivity index is 2.05. The van der Waals surface area contributed by atoms with Crippen molar-refractivity contribution in [3.05, 3.63) is 77.0 Å². The summed E-state index contributed by atoms with van der Waals surface area (Å²) >= 11 is 0. The van der Waals surface area contributed by atoms with Crippen molar-refractivity contribution in [1.29, 1.82) is 0 Å². The van der Waals surface area contributed by atoms with Gasteiger partial charge in [-0.15, -0.1) is 0 Å². The highest BCUT2D eigenvalue weighted by molar-refractivity contribution is 5.80. The number of nitrogens with zero attached hydrogens (tertiary/aromatic N) is 1. The van der Waals surface area contributed by atoms with Crippen LogP contribution in [0.25, 0.3) is 10.9 Å². The van der Waals surface area contributed by atoms with E-state index in [9.17, 15) is 13.2 Å². The third kappa shape index (κ3) is 2.96. The van der Waals surface area contributed by atoms with Crippen LogP contribution in [-0.4, -0.2) is 4.98 Å². The lowest BCUT2D eigenvalue weighted by atomic mass is 10.0. The summed E-state index contributed by atoms with van der Waals surface area (Å²) in [5, 5.41) is 0.520. The van der Waals surface area contributed by atoms with Gasteiger partial charge in [-0.3, -0.25) is 4.98 Å². The van der Waals surface area contributed by atoms with Crippen LogP contribution < -0.4 is 0 Å². The molecule has 112 valence electrons. The second-order valence-corrected chi connectivity index (χ2v) is 5.30. The molecule has 2 aromatic carbocycles. The van der Waals surface area contributed by atoms with Crippen molar-refractivity contribution in [2.24, 2.45) is 0 Å². The molecule has 0 aliphatic heterocycles. The molecule has 0 spiro atoms. The quantitative estimate of drug-likeness (QED) is 0.637. The fourth-order valence-electron chi connectivity index (χ4n) is 2.49. The molecule has 0 aliphatic carbocycles. The first kappa shape index (κ1) is 14.6. The highest BCUT2D eigenvalue weighted by Gasteiger charge is 2.30. The number of halogens is 3. The van der Waals surface area contributed by atoms with Crippen LogP contribution in [0.4, 0.5) is 13.2 Å². The molecule has 1 heterocycles. The van der Waals surface area contributed by atoms with Gasteiger partial charge in [-0.2, -0.15) is 13.2 Å². The monoisotopic (exact) mass is 301 g/mol. The predicted octanol–water partition coefficient (Wildman–Crippen LogP) is 5.15. The summed E-state index contributed by atoms with van der Waals surface area (Å²) in [6.07, 6.45) is -3.68. The van der Waals surface area contributed by atoms with Crippen LogP contribution in [-0.2, 0) is 12.6 Å². The minimum atomic E-state index is -4.33. The zero-order valence-electron chi connectivity index (χ0n) is 12.0. The lowest BCUT2D eigenvalue weighted by Crippen LogP contribution is -2.05. The van der Waals surface area contributed by atoms with E-state index < -0.39 is 11.7 Å². The summed E-state index contributed by atoms with van der Waals surface area (Å²) in [6, 6.07) is 15.3. The largest absolute Gasteiger partial charge is 0.416 e. The fraction of sp³-hybridized carbons (Fsp3) is 0.167. The lowest BCUT2D eigenvalue weighted by molar-refractivity contribution is -0.137. The molecule has 0 atom stereocenters. The van der Waals surface area contributed by atoms with Gasteiger partial charge in [0.2, 0.25) is 0 Å². The van der Waals surface area contributed by atoms with E-state index in [4.69, 9.17) is 0 Å². The normalized spacial score (nSPS) is 11.8. The second-order valence-electron chi connectivity index (χ2n) is 5.30. The number of hydrogen-bond donors (Lipinski definition) is 0. The van der Waals surface area contributed by atoms with Crippen molar-refractivity contribution in [1.82, 2.24) is 4.98 Å². The summed E-state index contributed by atoms with van der Waals surface area (Å²) in [4.78, 5) is 4.43. The molecular formula is C18H14F3N.